The number of ether oxygens (including phenoxy) is 11. The van der Waals surface area contributed by atoms with Crippen LogP contribution in [0.4, 0.5) is 0 Å². The van der Waals surface area contributed by atoms with Gasteiger partial charge in [-0.25, -0.2) is 0 Å². The Hall–Kier alpha value is -3.87. The molecule has 0 amide bonds. The summed E-state index contributed by atoms with van der Waals surface area (Å²) in [6.07, 6.45) is -14.3. The van der Waals surface area contributed by atoms with Crippen molar-refractivity contribution in [2.45, 2.75) is 110 Å². The molecule has 0 unspecified atom stereocenters. The van der Waals surface area contributed by atoms with Crippen LogP contribution in [0, 0.1) is 0 Å². The molecule has 0 aliphatic carbocycles. The quantitative estimate of drug-likeness (QED) is 0.187. The zero-order chi connectivity index (χ0) is 34.0. The normalized spacial score (nSPS) is 31.0. The number of methoxy groups -OCH3 is 1. The van der Waals surface area contributed by atoms with Gasteiger partial charge in [-0.2, -0.15) is 0 Å². The molecule has 2 rings (SSSR count). The van der Waals surface area contributed by atoms with Crippen molar-refractivity contribution in [2.75, 3.05) is 20.3 Å². The molecule has 0 N–H and O–H groups in total. The molecule has 2 fully saturated rings. The van der Waals surface area contributed by atoms with Gasteiger partial charge in [0.2, 0.25) is 0 Å². The highest BCUT2D eigenvalue weighted by Crippen LogP contribution is 2.33. The molecule has 0 saturated carbocycles. The molecule has 0 radical (unpaired) electrons. The molecule has 45 heavy (non-hydrogen) atoms. The monoisotopic (exact) mass is 650 g/mol. The topological polar surface area (TPSA) is 221 Å². The molecule has 0 aromatic heterocycles. The molecule has 2 saturated heterocycles. The first kappa shape index (κ1) is 37.3. The zero-order valence-electron chi connectivity index (χ0n) is 26.0. The summed E-state index contributed by atoms with van der Waals surface area (Å²) in [5, 5.41) is 0. The SMILES string of the molecule is CO[C@H]1O[C@H](CO[C@@H]2O[C@H](COC(C)=O)[C@@H](OC(C)=O)[C@H](OC(C)=O)[C@@H]2OC(C)=O)[C@@H](OC(C)=O)[C@H](OC(C)=O)[C@H]1OC(C)=O. The van der Waals surface area contributed by atoms with E-state index in [1.54, 1.807) is 0 Å². The minimum Gasteiger partial charge on any atom is -0.463 e. The number of hydrogen-bond donors (Lipinski definition) is 0. The van der Waals surface area contributed by atoms with Crippen molar-refractivity contribution in [3.8, 4) is 0 Å². The second-order valence-electron chi connectivity index (χ2n) is 9.90. The predicted molar refractivity (Wildman–Crippen MR) is 140 cm³/mol. The Balaban J connectivity index is 2.51. The van der Waals surface area contributed by atoms with E-state index in [0.29, 0.717) is 0 Å². The smallest absolute Gasteiger partial charge is 0.303 e. The third kappa shape index (κ3) is 11.2. The molecule has 254 valence electrons. The van der Waals surface area contributed by atoms with Crippen molar-refractivity contribution in [2.24, 2.45) is 0 Å². The molecule has 0 aromatic carbocycles. The Morgan fingerprint density at radius 2 is 0.778 bits per heavy atom. The van der Waals surface area contributed by atoms with E-state index in [2.05, 4.69) is 0 Å². The van der Waals surface area contributed by atoms with Crippen molar-refractivity contribution in [1.29, 1.82) is 0 Å². The van der Waals surface area contributed by atoms with Gasteiger partial charge in [0.05, 0.1) is 6.61 Å². The van der Waals surface area contributed by atoms with Gasteiger partial charge in [0.15, 0.2) is 49.2 Å². The van der Waals surface area contributed by atoms with E-state index in [4.69, 9.17) is 52.1 Å². The molecular weight excluding hydrogens is 612 g/mol. The van der Waals surface area contributed by atoms with Gasteiger partial charge in [-0.3, -0.25) is 33.6 Å². The maximum Gasteiger partial charge on any atom is 0.303 e. The Morgan fingerprint density at radius 3 is 1.16 bits per heavy atom. The minimum atomic E-state index is -1.61. The number of hydrogen-bond acceptors (Lipinski definition) is 18. The van der Waals surface area contributed by atoms with Crippen LogP contribution in [0.25, 0.3) is 0 Å². The fourth-order valence-electron chi connectivity index (χ4n) is 4.69. The molecule has 2 aliphatic rings. The summed E-state index contributed by atoms with van der Waals surface area (Å²) in [6, 6.07) is 0. The standard InChI is InChI=1S/C27H38O18/c1-11(28)36-9-18-20(38-12(2)29)23(41-15(5)32)25(43-17(7)34)27(45-18)37-10-19-21(39-13(3)30)22(40-14(4)31)24(42-16(6)33)26(35-8)44-19/h18-27H,9-10H2,1-8H3/t18-,19-,20-,21-,22+,23+,24-,25+,26+,27-/m1/s1. The van der Waals surface area contributed by atoms with Crippen molar-refractivity contribution in [3.63, 3.8) is 0 Å². The summed E-state index contributed by atoms with van der Waals surface area (Å²) in [5.74, 6) is -5.67. The fourth-order valence-corrected chi connectivity index (χ4v) is 4.69. The van der Waals surface area contributed by atoms with Gasteiger partial charge >= 0.3 is 41.8 Å². The first-order chi connectivity index (χ1) is 21.0. The fraction of sp³-hybridized carbons (Fsp3) is 0.741. The molecule has 18 nitrogen and oxygen atoms in total. The van der Waals surface area contributed by atoms with Crippen molar-refractivity contribution in [1.82, 2.24) is 0 Å². The van der Waals surface area contributed by atoms with Crippen molar-refractivity contribution < 1.29 is 85.7 Å². The second-order valence-corrected chi connectivity index (χ2v) is 9.90. The van der Waals surface area contributed by atoms with Crippen LogP contribution in [-0.2, 0) is 85.7 Å². The first-order valence-electron chi connectivity index (χ1n) is 13.7. The highest BCUT2D eigenvalue weighted by Gasteiger charge is 2.55. The largest absolute Gasteiger partial charge is 0.463 e. The molecule has 2 heterocycles. The number of rotatable bonds is 12. The van der Waals surface area contributed by atoms with E-state index in [0.717, 1.165) is 48.5 Å². The third-order valence-electron chi connectivity index (χ3n) is 6.10. The lowest BCUT2D eigenvalue weighted by molar-refractivity contribution is -0.332. The van der Waals surface area contributed by atoms with Crippen LogP contribution in [0.1, 0.15) is 48.5 Å². The Labute approximate surface area is 258 Å². The van der Waals surface area contributed by atoms with Crippen LogP contribution in [0.5, 0.6) is 0 Å². The molecule has 2 aliphatic heterocycles. The Morgan fingerprint density at radius 1 is 0.444 bits per heavy atom. The lowest BCUT2D eigenvalue weighted by Gasteiger charge is -2.46. The summed E-state index contributed by atoms with van der Waals surface area (Å²) < 4.78 is 60.1. The van der Waals surface area contributed by atoms with E-state index in [-0.39, 0.29) is 0 Å². The average molecular weight is 651 g/mol. The minimum absolute atomic E-state index is 0.502. The lowest BCUT2D eigenvalue weighted by Crippen LogP contribution is -2.65. The average Bonchev–Trinajstić information content (AvgIpc) is 2.90. The summed E-state index contributed by atoms with van der Waals surface area (Å²) in [5.41, 5.74) is 0. The van der Waals surface area contributed by atoms with Gasteiger partial charge in [0.1, 0.15) is 18.8 Å². The van der Waals surface area contributed by atoms with Gasteiger partial charge in [0.25, 0.3) is 0 Å². The maximum atomic E-state index is 12.1. The lowest BCUT2D eigenvalue weighted by atomic mass is 9.97. The summed E-state index contributed by atoms with van der Waals surface area (Å²) in [6.45, 7) is 6.49. The Kier molecular flexibility index (Phi) is 14.1. The van der Waals surface area contributed by atoms with Crippen LogP contribution >= 0.6 is 0 Å². The number of carbonyl (C=O) groups excluding carboxylic acids is 7. The molecular formula is C27H38O18. The van der Waals surface area contributed by atoms with E-state index in [9.17, 15) is 33.6 Å². The number of esters is 7. The van der Waals surface area contributed by atoms with Gasteiger partial charge in [0, 0.05) is 55.6 Å². The van der Waals surface area contributed by atoms with Gasteiger partial charge in [-0.15, -0.1) is 0 Å². The Bertz CT molecular complexity index is 1110. The molecule has 10 atom stereocenters. The van der Waals surface area contributed by atoms with E-state index < -0.39 is 116 Å². The van der Waals surface area contributed by atoms with Gasteiger partial charge in [-0.05, 0) is 0 Å². The van der Waals surface area contributed by atoms with Crippen molar-refractivity contribution in [3.05, 3.63) is 0 Å². The molecule has 0 bridgehead atoms. The molecule has 0 aromatic rings. The highest BCUT2D eigenvalue weighted by molar-refractivity contribution is 5.69. The summed E-state index contributed by atoms with van der Waals surface area (Å²) in [4.78, 5) is 83.6. The third-order valence-corrected chi connectivity index (χ3v) is 6.10. The first-order valence-corrected chi connectivity index (χ1v) is 13.7. The summed E-state index contributed by atoms with van der Waals surface area (Å²) in [7, 11) is 1.22. The van der Waals surface area contributed by atoms with Crippen LogP contribution in [-0.4, -0.2) is 124 Å². The molecule has 18 heteroatoms. The predicted octanol–water partition coefficient (Wildman–Crippen LogP) is -0.747. The van der Waals surface area contributed by atoms with E-state index in [1.807, 2.05) is 0 Å². The van der Waals surface area contributed by atoms with E-state index in [1.165, 1.54) is 7.11 Å². The summed E-state index contributed by atoms with van der Waals surface area (Å²) >= 11 is 0. The molecule has 0 spiro atoms. The van der Waals surface area contributed by atoms with Gasteiger partial charge < -0.3 is 52.1 Å². The van der Waals surface area contributed by atoms with Crippen LogP contribution in [0.15, 0.2) is 0 Å². The number of carbonyl (C=O) groups is 7. The maximum absolute atomic E-state index is 12.1. The van der Waals surface area contributed by atoms with Crippen LogP contribution in [0.2, 0.25) is 0 Å². The van der Waals surface area contributed by atoms with Crippen molar-refractivity contribution >= 4 is 41.8 Å². The highest BCUT2D eigenvalue weighted by atomic mass is 16.8. The van der Waals surface area contributed by atoms with Crippen LogP contribution < -0.4 is 0 Å². The second kappa shape index (κ2) is 17.0. The van der Waals surface area contributed by atoms with Crippen LogP contribution in [0.3, 0.4) is 0 Å². The zero-order valence-corrected chi connectivity index (χ0v) is 26.0. The van der Waals surface area contributed by atoms with Gasteiger partial charge in [-0.1, -0.05) is 0 Å². The van der Waals surface area contributed by atoms with E-state index >= 15 is 0 Å².